The van der Waals surface area contributed by atoms with E-state index in [2.05, 4.69) is 52.9 Å². The molecule has 0 aliphatic heterocycles. The van der Waals surface area contributed by atoms with Crippen molar-refractivity contribution in [3.8, 4) is 5.69 Å². The number of allylic oxidation sites excluding steroid dienone is 4. The minimum absolute atomic E-state index is 1.03. The minimum Gasteiger partial charge on any atom is -0.292 e. The summed E-state index contributed by atoms with van der Waals surface area (Å²) in [4.78, 5) is 9.05. The van der Waals surface area contributed by atoms with Crippen LogP contribution in [0.4, 0.5) is 0 Å². The van der Waals surface area contributed by atoms with Crippen LogP contribution in [0.25, 0.3) is 22.3 Å². The lowest BCUT2D eigenvalue weighted by Gasteiger charge is -2.12. The number of fused-ring (bicyclic) bond motifs is 1. The fourth-order valence-corrected chi connectivity index (χ4v) is 2.95. The Bertz CT molecular complexity index is 886. The first-order valence-electron chi connectivity index (χ1n) is 7.58. The Morgan fingerprint density at radius 3 is 2.73 bits per heavy atom. The van der Waals surface area contributed by atoms with Crippen LogP contribution in [0.15, 0.2) is 61.0 Å². The molecular formula is C19H17N3. The summed E-state index contributed by atoms with van der Waals surface area (Å²) in [6.45, 7) is 2.10. The van der Waals surface area contributed by atoms with E-state index in [9.17, 15) is 0 Å². The first kappa shape index (κ1) is 13.0. The smallest absolute Gasteiger partial charge is 0.141 e. The highest BCUT2D eigenvalue weighted by atomic mass is 15.1. The maximum atomic E-state index is 4.91. The van der Waals surface area contributed by atoms with Crippen molar-refractivity contribution in [2.45, 2.75) is 19.8 Å². The number of nitrogens with zero attached hydrogens (tertiary/aromatic N) is 3. The summed E-state index contributed by atoms with van der Waals surface area (Å²) in [6.07, 6.45) is 12.3. The van der Waals surface area contributed by atoms with E-state index in [4.69, 9.17) is 4.98 Å². The van der Waals surface area contributed by atoms with Gasteiger partial charge in [0.15, 0.2) is 0 Å². The largest absolute Gasteiger partial charge is 0.292 e. The second kappa shape index (κ2) is 5.26. The quantitative estimate of drug-likeness (QED) is 0.696. The van der Waals surface area contributed by atoms with E-state index in [0.717, 1.165) is 35.4 Å². The fraction of sp³-hybridized carbons (Fsp3) is 0.158. The van der Waals surface area contributed by atoms with Gasteiger partial charge in [-0.1, -0.05) is 24.3 Å². The van der Waals surface area contributed by atoms with Crippen molar-refractivity contribution in [3.63, 3.8) is 0 Å². The van der Waals surface area contributed by atoms with Gasteiger partial charge in [-0.05, 0) is 55.2 Å². The van der Waals surface area contributed by atoms with Crippen molar-refractivity contribution in [2.75, 3.05) is 0 Å². The molecular weight excluding hydrogens is 270 g/mol. The molecule has 108 valence electrons. The van der Waals surface area contributed by atoms with Crippen LogP contribution in [-0.2, 0) is 0 Å². The molecule has 1 aliphatic carbocycles. The Morgan fingerprint density at radius 2 is 1.95 bits per heavy atom. The zero-order valence-corrected chi connectivity index (χ0v) is 12.5. The Hall–Kier alpha value is -2.68. The van der Waals surface area contributed by atoms with Gasteiger partial charge in [0.05, 0.1) is 16.7 Å². The highest BCUT2D eigenvalue weighted by Crippen LogP contribution is 2.29. The van der Waals surface area contributed by atoms with Crippen molar-refractivity contribution in [3.05, 3.63) is 72.3 Å². The van der Waals surface area contributed by atoms with Gasteiger partial charge < -0.3 is 0 Å². The van der Waals surface area contributed by atoms with Crippen molar-refractivity contribution < 1.29 is 0 Å². The summed E-state index contributed by atoms with van der Waals surface area (Å²) in [5.41, 5.74) is 5.81. The van der Waals surface area contributed by atoms with Crippen LogP contribution in [0.1, 0.15) is 24.2 Å². The van der Waals surface area contributed by atoms with E-state index < -0.39 is 0 Å². The lowest BCUT2D eigenvalue weighted by Crippen LogP contribution is -2.02. The molecule has 22 heavy (non-hydrogen) atoms. The number of imidazole rings is 1. The highest BCUT2D eigenvalue weighted by molar-refractivity contribution is 5.83. The topological polar surface area (TPSA) is 30.7 Å². The molecule has 0 fully saturated rings. The Morgan fingerprint density at radius 1 is 1.09 bits per heavy atom. The van der Waals surface area contributed by atoms with Crippen LogP contribution in [0.3, 0.4) is 0 Å². The third-order valence-corrected chi connectivity index (χ3v) is 4.03. The molecule has 0 atom stereocenters. The van der Waals surface area contributed by atoms with Crippen molar-refractivity contribution in [1.82, 2.24) is 14.5 Å². The van der Waals surface area contributed by atoms with E-state index in [-0.39, 0.29) is 0 Å². The maximum absolute atomic E-state index is 4.91. The molecule has 3 heteroatoms. The molecule has 0 saturated carbocycles. The Labute approximate surface area is 129 Å². The van der Waals surface area contributed by atoms with Crippen LogP contribution in [0, 0.1) is 6.92 Å². The Balaban J connectivity index is 2.02. The SMILES string of the molecule is Cc1ccc2c(c1)nc(C1=CC=CCC1)n2-c1ccncc1. The zero-order valence-electron chi connectivity index (χ0n) is 12.5. The van der Waals surface area contributed by atoms with Crippen LogP contribution in [-0.4, -0.2) is 14.5 Å². The van der Waals surface area contributed by atoms with E-state index in [1.807, 2.05) is 24.5 Å². The van der Waals surface area contributed by atoms with Crippen LogP contribution >= 0.6 is 0 Å². The van der Waals surface area contributed by atoms with Gasteiger partial charge in [0, 0.05) is 12.4 Å². The van der Waals surface area contributed by atoms with Gasteiger partial charge in [0.1, 0.15) is 5.82 Å². The number of benzene rings is 1. The van der Waals surface area contributed by atoms with E-state index in [1.54, 1.807) is 0 Å². The molecule has 1 aromatic carbocycles. The van der Waals surface area contributed by atoms with Crippen LogP contribution < -0.4 is 0 Å². The molecule has 0 spiro atoms. The number of hydrogen-bond donors (Lipinski definition) is 0. The molecule has 0 unspecified atom stereocenters. The van der Waals surface area contributed by atoms with E-state index in [0.29, 0.717) is 0 Å². The minimum atomic E-state index is 1.03. The summed E-state index contributed by atoms with van der Waals surface area (Å²) in [5, 5.41) is 0. The lowest BCUT2D eigenvalue weighted by molar-refractivity contribution is 0.979. The van der Waals surface area contributed by atoms with Gasteiger partial charge in [0.25, 0.3) is 0 Å². The lowest BCUT2D eigenvalue weighted by atomic mass is 10.0. The average Bonchev–Trinajstić information content (AvgIpc) is 2.95. The van der Waals surface area contributed by atoms with Gasteiger partial charge in [-0.3, -0.25) is 9.55 Å². The van der Waals surface area contributed by atoms with Crippen molar-refractivity contribution in [1.29, 1.82) is 0 Å². The molecule has 1 aliphatic rings. The molecule has 0 radical (unpaired) electrons. The summed E-state index contributed by atoms with van der Waals surface area (Å²) in [6, 6.07) is 10.5. The molecule has 0 amide bonds. The molecule has 3 aromatic rings. The van der Waals surface area contributed by atoms with Crippen molar-refractivity contribution in [2.24, 2.45) is 0 Å². The zero-order chi connectivity index (χ0) is 14.9. The first-order chi connectivity index (χ1) is 10.8. The number of hydrogen-bond acceptors (Lipinski definition) is 2. The monoisotopic (exact) mass is 287 g/mol. The van der Waals surface area contributed by atoms with Gasteiger partial charge >= 0.3 is 0 Å². The average molecular weight is 287 g/mol. The molecule has 0 bridgehead atoms. The number of aromatic nitrogens is 3. The molecule has 2 aromatic heterocycles. The molecule has 2 heterocycles. The van der Waals surface area contributed by atoms with Gasteiger partial charge in [-0.25, -0.2) is 4.98 Å². The summed E-state index contributed by atoms with van der Waals surface area (Å²) in [7, 11) is 0. The molecule has 3 nitrogen and oxygen atoms in total. The Kier molecular flexibility index (Phi) is 3.11. The molecule has 4 rings (SSSR count). The number of rotatable bonds is 2. The standard InChI is InChI=1S/C19H17N3/c1-14-7-8-18-17(13-14)21-19(15-5-3-2-4-6-15)22(18)16-9-11-20-12-10-16/h2-3,5,7-13H,4,6H2,1H3. The van der Waals surface area contributed by atoms with Crippen LogP contribution in [0.2, 0.25) is 0 Å². The van der Waals surface area contributed by atoms with Gasteiger partial charge in [0.2, 0.25) is 0 Å². The first-order valence-corrected chi connectivity index (χ1v) is 7.58. The van der Waals surface area contributed by atoms with Gasteiger partial charge in [-0.2, -0.15) is 0 Å². The number of aryl methyl sites for hydroxylation is 1. The third kappa shape index (κ3) is 2.15. The maximum Gasteiger partial charge on any atom is 0.141 e. The summed E-state index contributed by atoms with van der Waals surface area (Å²) >= 11 is 0. The number of pyridine rings is 1. The second-order valence-electron chi connectivity index (χ2n) is 5.63. The summed E-state index contributed by atoms with van der Waals surface area (Å²) < 4.78 is 2.24. The molecule has 0 saturated heterocycles. The predicted molar refractivity (Wildman–Crippen MR) is 90.0 cm³/mol. The van der Waals surface area contributed by atoms with Gasteiger partial charge in [-0.15, -0.1) is 0 Å². The van der Waals surface area contributed by atoms with Crippen LogP contribution in [0.5, 0.6) is 0 Å². The second-order valence-corrected chi connectivity index (χ2v) is 5.63. The fourth-order valence-electron chi connectivity index (χ4n) is 2.95. The van der Waals surface area contributed by atoms with Crippen molar-refractivity contribution >= 4 is 16.6 Å². The van der Waals surface area contributed by atoms with E-state index >= 15 is 0 Å². The normalized spacial score (nSPS) is 14.3. The predicted octanol–water partition coefficient (Wildman–Crippen LogP) is 4.46. The summed E-state index contributed by atoms with van der Waals surface area (Å²) in [5.74, 6) is 1.04. The van der Waals surface area contributed by atoms with E-state index in [1.165, 1.54) is 11.1 Å². The highest BCUT2D eigenvalue weighted by Gasteiger charge is 2.16. The molecule has 0 N–H and O–H groups in total. The third-order valence-electron chi connectivity index (χ3n) is 4.03.